The van der Waals surface area contributed by atoms with Gasteiger partial charge < -0.3 is 14.8 Å². The van der Waals surface area contributed by atoms with Crippen molar-refractivity contribution in [2.75, 3.05) is 27.4 Å². The molecule has 3 nitrogen and oxygen atoms in total. The highest BCUT2D eigenvalue weighted by molar-refractivity contribution is 4.97. The minimum atomic E-state index is 0.0383. The van der Waals surface area contributed by atoms with Gasteiger partial charge in [0.05, 0.1) is 12.2 Å². The summed E-state index contributed by atoms with van der Waals surface area (Å²) in [7, 11) is 3.99. The monoisotopic (exact) mass is 255 g/mol. The van der Waals surface area contributed by atoms with Gasteiger partial charge in [0.2, 0.25) is 0 Å². The first-order chi connectivity index (χ1) is 8.82. The van der Waals surface area contributed by atoms with Crippen LogP contribution in [0.1, 0.15) is 51.4 Å². The highest BCUT2D eigenvalue weighted by Crippen LogP contribution is 2.37. The van der Waals surface area contributed by atoms with Crippen molar-refractivity contribution in [3.8, 4) is 0 Å². The first-order valence-electron chi connectivity index (χ1n) is 7.62. The molecule has 0 spiro atoms. The van der Waals surface area contributed by atoms with E-state index in [-0.39, 0.29) is 5.60 Å². The molecule has 2 atom stereocenters. The molecule has 0 aromatic carbocycles. The van der Waals surface area contributed by atoms with Crippen LogP contribution in [0.15, 0.2) is 0 Å². The summed E-state index contributed by atoms with van der Waals surface area (Å²) in [6.07, 6.45) is 10.2. The maximum atomic E-state index is 6.05. The number of hydrogen-bond donors (Lipinski definition) is 1. The Morgan fingerprint density at radius 1 is 1.17 bits per heavy atom. The second-order valence-electron chi connectivity index (χ2n) is 5.93. The van der Waals surface area contributed by atoms with Crippen LogP contribution in [0, 0.1) is 5.92 Å². The summed E-state index contributed by atoms with van der Waals surface area (Å²) < 4.78 is 11.7. The Bertz CT molecular complexity index is 231. The Hall–Kier alpha value is -0.120. The van der Waals surface area contributed by atoms with E-state index < -0.39 is 0 Å². The van der Waals surface area contributed by atoms with E-state index in [4.69, 9.17) is 9.47 Å². The van der Waals surface area contributed by atoms with Crippen LogP contribution < -0.4 is 5.32 Å². The quantitative estimate of drug-likeness (QED) is 0.784. The van der Waals surface area contributed by atoms with Crippen LogP contribution in [0.3, 0.4) is 0 Å². The van der Waals surface area contributed by atoms with E-state index in [0.29, 0.717) is 12.0 Å². The molecule has 1 N–H and O–H groups in total. The number of rotatable bonds is 4. The number of nitrogens with one attached hydrogen (secondary N) is 1. The van der Waals surface area contributed by atoms with Gasteiger partial charge in [-0.1, -0.05) is 25.7 Å². The van der Waals surface area contributed by atoms with Gasteiger partial charge in [-0.3, -0.25) is 0 Å². The highest BCUT2D eigenvalue weighted by atomic mass is 16.5. The zero-order chi connectivity index (χ0) is 12.8. The summed E-state index contributed by atoms with van der Waals surface area (Å²) in [5.41, 5.74) is 0.0383. The average molecular weight is 255 g/mol. The van der Waals surface area contributed by atoms with Gasteiger partial charge in [0.25, 0.3) is 0 Å². The van der Waals surface area contributed by atoms with Gasteiger partial charge in [-0.15, -0.1) is 0 Å². The molecule has 2 fully saturated rings. The number of ether oxygens (including phenoxy) is 2. The van der Waals surface area contributed by atoms with Crippen molar-refractivity contribution in [1.29, 1.82) is 0 Å². The standard InChI is InChI=1S/C15H29NO2/c1-16-14(13-8-7-11-18-12-13)15(17-2)9-5-3-4-6-10-15/h13-14,16H,3-12H2,1-2H3. The maximum absolute atomic E-state index is 6.05. The molecule has 2 aliphatic rings. The summed E-state index contributed by atoms with van der Waals surface area (Å²) in [5, 5.41) is 3.56. The molecule has 0 aromatic rings. The SMILES string of the molecule is CNC(C1CCCOC1)C1(OC)CCCCCC1. The topological polar surface area (TPSA) is 30.5 Å². The summed E-state index contributed by atoms with van der Waals surface area (Å²) in [5.74, 6) is 0.613. The Morgan fingerprint density at radius 2 is 1.89 bits per heavy atom. The fourth-order valence-corrected chi connectivity index (χ4v) is 3.93. The summed E-state index contributed by atoms with van der Waals surface area (Å²) >= 11 is 0. The Balaban J connectivity index is 2.10. The van der Waals surface area contributed by atoms with Crippen molar-refractivity contribution in [2.24, 2.45) is 5.92 Å². The van der Waals surface area contributed by atoms with Crippen molar-refractivity contribution < 1.29 is 9.47 Å². The number of likely N-dealkylation sites (N-methyl/N-ethyl adjacent to an activating group) is 1. The second kappa shape index (κ2) is 6.88. The molecule has 2 rings (SSSR count). The number of methoxy groups -OCH3 is 1. The molecule has 1 saturated heterocycles. The lowest BCUT2D eigenvalue weighted by molar-refractivity contribution is -0.0855. The predicted molar refractivity (Wildman–Crippen MR) is 73.8 cm³/mol. The molecular formula is C15H29NO2. The van der Waals surface area contributed by atoms with Crippen molar-refractivity contribution in [1.82, 2.24) is 5.32 Å². The fraction of sp³-hybridized carbons (Fsp3) is 1.00. The smallest absolute Gasteiger partial charge is 0.0834 e. The third-order valence-electron chi connectivity index (χ3n) is 4.90. The van der Waals surface area contributed by atoms with Crippen LogP contribution in [-0.2, 0) is 9.47 Å². The van der Waals surface area contributed by atoms with E-state index in [1.165, 1.54) is 51.4 Å². The molecule has 1 saturated carbocycles. The van der Waals surface area contributed by atoms with Crippen LogP contribution >= 0.6 is 0 Å². The van der Waals surface area contributed by atoms with Crippen molar-refractivity contribution in [3.05, 3.63) is 0 Å². The molecule has 18 heavy (non-hydrogen) atoms. The van der Waals surface area contributed by atoms with Gasteiger partial charge in [-0.2, -0.15) is 0 Å². The minimum absolute atomic E-state index is 0.0383. The van der Waals surface area contributed by atoms with Gasteiger partial charge in [-0.25, -0.2) is 0 Å². The molecule has 3 heteroatoms. The zero-order valence-corrected chi connectivity index (χ0v) is 12.0. The first kappa shape index (κ1) is 14.3. The Labute approximate surface area is 112 Å². The largest absolute Gasteiger partial charge is 0.381 e. The van der Waals surface area contributed by atoms with Crippen LogP contribution in [0.2, 0.25) is 0 Å². The van der Waals surface area contributed by atoms with Crippen LogP contribution in [0.25, 0.3) is 0 Å². The predicted octanol–water partition coefficient (Wildman–Crippen LogP) is 2.74. The van der Waals surface area contributed by atoms with E-state index in [0.717, 1.165) is 13.2 Å². The van der Waals surface area contributed by atoms with E-state index in [1.54, 1.807) is 0 Å². The van der Waals surface area contributed by atoms with Gasteiger partial charge in [0.15, 0.2) is 0 Å². The minimum Gasteiger partial charge on any atom is -0.381 e. The molecule has 0 radical (unpaired) electrons. The lowest BCUT2D eigenvalue weighted by Gasteiger charge is -2.44. The molecule has 1 aliphatic carbocycles. The second-order valence-corrected chi connectivity index (χ2v) is 5.93. The zero-order valence-electron chi connectivity index (χ0n) is 12.0. The van der Waals surface area contributed by atoms with E-state index in [9.17, 15) is 0 Å². The molecule has 0 bridgehead atoms. The molecule has 0 amide bonds. The van der Waals surface area contributed by atoms with Crippen molar-refractivity contribution >= 4 is 0 Å². The summed E-state index contributed by atoms with van der Waals surface area (Å²) in [6, 6.07) is 0.445. The number of hydrogen-bond acceptors (Lipinski definition) is 3. The third kappa shape index (κ3) is 3.06. The molecule has 0 aromatic heterocycles. The van der Waals surface area contributed by atoms with E-state index in [2.05, 4.69) is 12.4 Å². The van der Waals surface area contributed by atoms with Gasteiger partial charge >= 0.3 is 0 Å². The fourth-order valence-electron chi connectivity index (χ4n) is 3.93. The average Bonchev–Trinajstić information content (AvgIpc) is 2.67. The normalized spacial score (nSPS) is 30.7. The van der Waals surface area contributed by atoms with E-state index in [1.807, 2.05) is 7.11 Å². The van der Waals surface area contributed by atoms with Crippen molar-refractivity contribution in [2.45, 2.75) is 63.0 Å². The molecule has 2 unspecified atom stereocenters. The van der Waals surface area contributed by atoms with Gasteiger partial charge in [-0.05, 0) is 32.7 Å². The maximum Gasteiger partial charge on any atom is 0.0834 e. The highest BCUT2D eigenvalue weighted by Gasteiger charge is 2.42. The summed E-state index contributed by atoms with van der Waals surface area (Å²) in [4.78, 5) is 0. The summed E-state index contributed by atoms with van der Waals surface area (Å²) in [6.45, 7) is 1.84. The van der Waals surface area contributed by atoms with Crippen LogP contribution in [0.4, 0.5) is 0 Å². The van der Waals surface area contributed by atoms with Crippen molar-refractivity contribution in [3.63, 3.8) is 0 Å². The van der Waals surface area contributed by atoms with Crippen LogP contribution in [-0.4, -0.2) is 39.0 Å². The Kier molecular flexibility index (Phi) is 5.46. The van der Waals surface area contributed by atoms with Gasteiger partial charge in [0, 0.05) is 25.7 Å². The third-order valence-corrected chi connectivity index (χ3v) is 4.90. The molecule has 1 heterocycles. The van der Waals surface area contributed by atoms with Crippen LogP contribution in [0.5, 0.6) is 0 Å². The Morgan fingerprint density at radius 3 is 2.39 bits per heavy atom. The lowest BCUT2D eigenvalue weighted by atomic mass is 9.77. The lowest BCUT2D eigenvalue weighted by Crippen LogP contribution is -2.56. The van der Waals surface area contributed by atoms with E-state index >= 15 is 0 Å². The molecular weight excluding hydrogens is 226 g/mol. The molecule has 106 valence electrons. The van der Waals surface area contributed by atoms with Gasteiger partial charge in [0.1, 0.15) is 0 Å². The molecule has 1 aliphatic heterocycles. The first-order valence-corrected chi connectivity index (χ1v) is 7.62.